The molecule has 4 heteroatoms. The normalized spacial score (nSPS) is 11.4. The third-order valence-electron chi connectivity index (χ3n) is 2.95. The van der Waals surface area contributed by atoms with E-state index in [-0.39, 0.29) is 0 Å². The molecule has 2 aromatic rings. The quantitative estimate of drug-likeness (QED) is 0.800. The number of carbonyl (C=O) groups is 1. The van der Waals surface area contributed by atoms with Crippen molar-refractivity contribution in [1.82, 2.24) is 0 Å². The fourth-order valence-corrected chi connectivity index (χ4v) is 1.97. The van der Waals surface area contributed by atoms with Gasteiger partial charge in [-0.15, -0.1) is 0 Å². The smallest absolute Gasteiger partial charge is 0.188 e. The minimum absolute atomic E-state index is 0.311. The van der Waals surface area contributed by atoms with E-state index in [4.69, 9.17) is 4.74 Å². The number of nitrogens with zero attached hydrogens (tertiary/aromatic N) is 1. The first-order valence-corrected chi connectivity index (χ1v) is 5.99. The average Bonchev–Trinajstić information content (AvgIpc) is 2.48. The number of para-hydroxylation sites is 1. The lowest BCUT2D eigenvalue weighted by atomic mass is 9.91. The molecule has 0 aliphatic heterocycles. The Labute approximate surface area is 116 Å². The summed E-state index contributed by atoms with van der Waals surface area (Å²) < 4.78 is 18.3. The Balaban J connectivity index is 2.42. The van der Waals surface area contributed by atoms with E-state index < -0.39 is 17.5 Å². The highest BCUT2D eigenvalue weighted by Gasteiger charge is 2.24. The molecule has 0 bridgehead atoms. The summed E-state index contributed by atoms with van der Waals surface area (Å²) in [5.74, 6) is -1.54. The summed E-state index contributed by atoms with van der Waals surface area (Å²) in [6.45, 7) is 0. The zero-order chi connectivity index (χ0) is 14.5. The lowest BCUT2D eigenvalue weighted by molar-refractivity contribution is 0.0976. The van der Waals surface area contributed by atoms with Crippen molar-refractivity contribution in [3.05, 3.63) is 65.5 Å². The Morgan fingerprint density at radius 1 is 1.25 bits per heavy atom. The SMILES string of the molecule is COc1ccccc1C(=O)C(C#N)c1cccc(F)c1. The highest BCUT2D eigenvalue weighted by Crippen LogP contribution is 2.26. The molecule has 0 heterocycles. The maximum atomic E-state index is 13.2. The number of Topliss-reactive ketones (excluding diaryl/α,β-unsaturated/α-hetero) is 1. The zero-order valence-corrected chi connectivity index (χ0v) is 10.8. The van der Waals surface area contributed by atoms with Gasteiger partial charge in [-0.25, -0.2) is 4.39 Å². The molecule has 0 aliphatic rings. The number of halogens is 1. The van der Waals surface area contributed by atoms with Crippen molar-refractivity contribution >= 4 is 5.78 Å². The summed E-state index contributed by atoms with van der Waals surface area (Å²) >= 11 is 0. The van der Waals surface area contributed by atoms with Crippen molar-refractivity contribution in [2.75, 3.05) is 7.11 Å². The zero-order valence-electron chi connectivity index (χ0n) is 10.8. The number of methoxy groups -OCH3 is 1. The second-order valence-corrected chi connectivity index (χ2v) is 4.18. The van der Waals surface area contributed by atoms with Crippen LogP contribution in [0.4, 0.5) is 4.39 Å². The molecular formula is C16H12FNO2. The molecule has 20 heavy (non-hydrogen) atoms. The van der Waals surface area contributed by atoms with E-state index in [0.717, 1.165) is 0 Å². The van der Waals surface area contributed by atoms with Gasteiger partial charge in [0.1, 0.15) is 17.5 Å². The number of carbonyl (C=O) groups excluding carboxylic acids is 1. The highest BCUT2D eigenvalue weighted by atomic mass is 19.1. The molecule has 0 radical (unpaired) electrons. The summed E-state index contributed by atoms with van der Waals surface area (Å²) in [4.78, 5) is 12.4. The molecule has 1 atom stereocenters. The first-order chi connectivity index (χ1) is 9.67. The molecule has 3 nitrogen and oxygen atoms in total. The van der Waals surface area contributed by atoms with Crippen molar-refractivity contribution in [3.63, 3.8) is 0 Å². The molecule has 2 aromatic carbocycles. The molecule has 0 N–H and O–H groups in total. The third-order valence-corrected chi connectivity index (χ3v) is 2.95. The first-order valence-electron chi connectivity index (χ1n) is 5.99. The fourth-order valence-electron chi connectivity index (χ4n) is 1.97. The monoisotopic (exact) mass is 269 g/mol. The standard InChI is InChI=1S/C16H12FNO2/c1-20-15-8-3-2-7-13(15)16(19)14(10-18)11-5-4-6-12(17)9-11/h2-9,14H,1H3. The van der Waals surface area contributed by atoms with Crippen LogP contribution >= 0.6 is 0 Å². The molecule has 2 rings (SSSR count). The molecule has 0 saturated carbocycles. The van der Waals surface area contributed by atoms with Crippen LogP contribution in [-0.4, -0.2) is 12.9 Å². The van der Waals surface area contributed by atoms with Crippen LogP contribution in [0.3, 0.4) is 0 Å². The van der Waals surface area contributed by atoms with Crippen molar-refractivity contribution in [2.24, 2.45) is 0 Å². The van der Waals surface area contributed by atoms with Crippen LogP contribution in [0.2, 0.25) is 0 Å². The Morgan fingerprint density at radius 3 is 2.65 bits per heavy atom. The van der Waals surface area contributed by atoms with E-state index in [1.54, 1.807) is 30.3 Å². The van der Waals surface area contributed by atoms with Gasteiger partial charge in [-0.3, -0.25) is 4.79 Å². The number of hydrogen-bond acceptors (Lipinski definition) is 3. The maximum Gasteiger partial charge on any atom is 0.188 e. The van der Waals surface area contributed by atoms with Crippen molar-refractivity contribution in [1.29, 1.82) is 5.26 Å². The molecule has 0 aliphatic carbocycles. The molecule has 100 valence electrons. The van der Waals surface area contributed by atoms with Gasteiger partial charge in [-0.2, -0.15) is 5.26 Å². The van der Waals surface area contributed by atoms with Gasteiger partial charge in [0.25, 0.3) is 0 Å². The second kappa shape index (κ2) is 5.98. The lowest BCUT2D eigenvalue weighted by Gasteiger charge is -2.11. The average molecular weight is 269 g/mol. The van der Waals surface area contributed by atoms with Gasteiger partial charge in [0.2, 0.25) is 0 Å². The molecular weight excluding hydrogens is 257 g/mol. The number of benzene rings is 2. The summed E-state index contributed by atoms with van der Waals surface area (Å²) in [5.41, 5.74) is 0.647. The van der Waals surface area contributed by atoms with E-state index in [2.05, 4.69) is 0 Å². The number of rotatable bonds is 4. The Kier molecular flexibility index (Phi) is 4.11. The summed E-state index contributed by atoms with van der Waals surface area (Å²) in [6.07, 6.45) is 0. The van der Waals surface area contributed by atoms with E-state index >= 15 is 0 Å². The molecule has 0 aromatic heterocycles. The topological polar surface area (TPSA) is 50.1 Å². The minimum atomic E-state index is -1.05. The highest BCUT2D eigenvalue weighted by molar-refractivity contribution is 6.04. The number of ketones is 1. The van der Waals surface area contributed by atoms with Crippen molar-refractivity contribution in [3.8, 4) is 11.8 Å². The fraction of sp³-hybridized carbons (Fsp3) is 0.125. The molecule has 0 amide bonds. The van der Waals surface area contributed by atoms with Crippen LogP contribution in [0.1, 0.15) is 21.8 Å². The summed E-state index contributed by atoms with van der Waals surface area (Å²) in [7, 11) is 1.45. The van der Waals surface area contributed by atoms with Gasteiger partial charge in [-0.05, 0) is 29.8 Å². The van der Waals surface area contributed by atoms with Crippen LogP contribution < -0.4 is 4.74 Å². The van der Waals surface area contributed by atoms with Crippen molar-refractivity contribution < 1.29 is 13.9 Å². The maximum absolute atomic E-state index is 13.2. The van der Waals surface area contributed by atoms with E-state index in [1.165, 1.54) is 25.3 Å². The van der Waals surface area contributed by atoms with Crippen molar-refractivity contribution in [2.45, 2.75) is 5.92 Å². The first kappa shape index (κ1) is 13.8. The summed E-state index contributed by atoms with van der Waals surface area (Å²) in [6, 6.07) is 14.1. The molecule has 0 fully saturated rings. The van der Waals surface area contributed by atoms with Gasteiger partial charge in [0.15, 0.2) is 5.78 Å². The second-order valence-electron chi connectivity index (χ2n) is 4.18. The predicted octanol–water partition coefficient (Wildman–Crippen LogP) is 3.32. The number of nitriles is 1. The lowest BCUT2D eigenvalue weighted by Crippen LogP contribution is -2.12. The van der Waals surface area contributed by atoms with Crippen LogP contribution in [-0.2, 0) is 0 Å². The minimum Gasteiger partial charge on any atom is -0.496 e. The van der Waals surface area contributed by atoms with Crippen LogP contribution in [0.15, 0.2) is 48.5 Å². The number of hydrogen-bond donors (Lipinski definition) is 0. The van der Waals surface area contributed by atoms with Crippen LogP contribution in [0, 0.1) is 17.1 Å². The largest absolute Gasteiger partial charge is 0.496 e. The van der Waals surface area contributed by atoms with Gasteiger partial charge in [-0.1, -0.05) is 24.3 Å². The summed E-state index contributed by atoms with van der Waals surface area (Å²) in [5, 5.41) is 9.23. The van der Waals surface area contributed by atoms with Gasteiger partial charge < -0.3 is 4.74 Å². The Bertz CT molecular complexity index is 676. The van der Waals surface area contributed by atoms with Gasteiger partial charge in [0.05, 0.1) is 18.7 Å². The molecule has 1 unspecified atom stereocenters. The Morgan fingerprint density at radius 2 is 2.00 bits per heavy atom. The van der Waals surface area contributed by atoms with Crippen LogP contribution in [0.25, 0.3) is 0 Å². The third kappa shape index (κ3) is 2.67. The van der Waals surface area contributed by atoms with E-state index in [0.29, 0.717) is 16.9 Å². The van der Waals surface area contributed by atoms with E-state index in [9.17, 15) is 14.4 Å². The van der Waals surface area contributed by atoms with Gasteiger partial charge in [0, 0.05) is 0 Å². The Hall–Kier alpha value is -2.67. The van der Waals surface area contributed by atoms with Crippen LogP contribution in [0.5, 0.6) is 5.75 Å². The predicted molar refractivity (Wildman–Crippen MR) is 72.1 cm³/mol. The van der Waals surface area contributed by atoms with E-state index in [1.807, 2.05) is 6.07 Å². The number of ether oxygens (including phenoxy) is 1. The molecule has 0 spiro atoms. The molecule has 0 saturated heterocycles. The van der Waals surface area contributed by atoms with Gasteiger partial charge >= 0.3 is 0 Å².